The molecular formula is C28H60N+. The van der Waals surface area contributed by atoms with Crippen molar-refractivity contribution in [2.45, 2.75) is 155 Å². The van der Waals surface area contributed by atoms with Crippen LogP contribution >= 0.6 is 0 Å². The Morgan fingerprint density at radius 2 is 0.517 bits per heavy atom. The van der Waals surface area contributed by atoms with Crippen molar-refractivity contribution in [2.75, 3.05) is 27.2 Å². The third-order valence-corrected chi connectivity index (χ3v) is 6.73. The van der Waals surface area contributed by atoms with Crippen molar-refractivity contribution in [2.24, 2.45) is 0 Å². The second-order valence-electron chi connectivity index (χ2n) is 10.5. The van der Waals surface area contributed by atoms with Crippen molar-refractivity contribution in [1.82, 2.24) is 0 Å². The zero-order chi connectivity index (χ0) is 21.5. The van der Waals surface area contributed by atoms with Crippen molar-refractivity contribution in [1.29, 1.82) is 0 Å². The molecule has 0 aromatic rings. The van der Waals surface area contributed by atoms with Gasteiger partial charge in [0.25, 0.3) is 0 Å². The lowest BCUT2D eigenvalue weighted by Gasteiger charge is -2.30. The average molecular weight is 411 g/mol. The van der Waals surface area contributed by atoms with Crippen LogP contribution in [0.2, 0.25) is 0 Å². The van der Waals surface area contributed by atoms with Crippen molar-refractivity contribution in [3.05, 3.63) is 0 Å². The lowest BCUT2D eigenvalue weighted by molar-refractivity contribution is -0.890. The molecular weight excluding hydrogens is 350 g/mol. The standard InChI is InChI=1S/C28H60N/c1-5-7-9-11-12-13-14-15-16-17-18-19-20-21-22-23-24-26-28-29(3,4)27-25-10-8-6-2/h5-28H2,1-4H3/q+1. The van der Waals surface area contributed by atoms with Crippen LogP contribution in [0.5, 0.6) is 0 Å². The van der Waals surface area contributed by atoms with E-state index < -0.39 is 0 Å². The Kier molecular flexibility index (Phi) is 22.6. The van der Waals surface area contributed by atoms with Gasteiger partial charge in [-0.05, 0) is 25.7 Å². The van der Waals surface area contributed by atoms with E-state index >= 15 is 0 Å². The van der Waals surface area contributed by atoms with E-state index in [9.17, 15) is 0 Å². The molecule has 0 aromatic carbocycles. The van der Waals surface area contributed by atoms with E-state index in [0.717, 1.165) is 0 Å². The number of nitrogens with zero attached hydrogens (tertiary/aromatic N) is 1. The molecule has 0 heterocycles. The highest BCUT2D eigenvalue weighted by Crippen LogP contribution is 2.15. The van der Waals surface area contributed by atoms with Gasteiger partial charge in [0, 0.05) is 0 Å². The van der Waals surface area contributed by atoms with E-state index in [2.05, 4.69) is 27.9 Å². The van der Waals surface area contributed by atoms with Gasteiger partial charge in [0.2, 0.25) is 0 Å². The fourth-order valence-electron chi connectivity index (χ4n) is 4.52. The highest BCUT2D eigenvalue weighted by molar-refractivity contribution is 4.51. The van der Waals surface area contributed by atoms with Crippen LogP contribution in [0.25, 0.3) is 0 Å². The van der Waals surface area contributed by atoms with Crippen molar-refractivity contribution < 1.29 is 4.48 Å². The van der Waals surface area contributed by atoms with Gasteiger partial charge in [-0.25, -0.2) is 0 Å². The summed E-state index contributed by atoms with van der Waals surface area (Å²) in [5.41, 5.74) is 0. The molecule has 0 saturated heterocycles. The molecule has 0 spiro atoms. The summed E-state index contributed by atoms with van der Waals surface area (Å²) in [4.78, 5) is 0. The molecule has 0 atom stereocenters. The van der Waals surface area contributed by atoms with E-state index in [4.69, 9.17) is 0 Å². The minimum Gasteiger partial charge on any atom is -0.328 e. The van der Waals surface area contributed by atoms with E-state index in [1.807, 2.05) is 0 Å². The molecule has 1 heteroatoms. The van der Waals surface area contributed by atoms with E-state index in [-0.39, 0.29) is 0 Å². The first-order valence-electron chi connectivity index (χ1n) is 13.9. The maximum Gasteiger partial charge on any atom is 0.0782 e. The largest absolute Gasteiger partial charge is 0.328 e. The number of hydrogen-bond acceptors (Lipinski definition) is 0. The summed E-state index contributed by atoms with van der Waals surface area (Å²) in [5, 5.41) is 0. The summed E-state index contributed by atoms with van der Waals surface area (Å²) >= 11 is 0. The Morgan fingerprint density at radius 3 is 0.793 bits per heavy atom. The maximum absolute atomic E-state index is 2.43. The molecule has 0 fully saturated rings. The van der Waals surface area contributed by atoms with Crippen LogP contribution in [0.3, 0.4) is 0 Å². The predicted octanol–water partition coefficient (Wildman–Crippen LogP) is 9.68. The second-order valence-corrected chi connectivity index (χ2v) is 10.5. The van der Waals surface area contributed by atoms with Crippen LogP contribution < -0.4 is 0 Å². The van der Waals surface area contributed by atoms with Crippen molar-refractivity contribution in [3.63, 3.8) is 0 Å². The summed E-state index contributed by atoms with van der Waals surface area (Å²) in [5.74, 6) is 0. The summed E-state index contributed by atoms with van der Waals surface area (Å²) in [6.45, 7) is 7.36. The topological polar surface area (TPSA) is 0 Å². The molecule has 0 aliphatic carbocycles. The van der Waals surface area contributed by atoms with Crippen LogP contribution in [0, 0.1) is 0 Å². The Balaban J connectivity index is 3.18. The first kappa shape index (κ1) is 29.0. The number of quaternary nitrogens is 1. The molecule has 0 N–H and O–H groups in total. The van der Waals surface area contributed by atoms with Gasteiger partial charge in [-0.1, -0.05) is 129 Å². The molecule has 0 radical (unpaired) electrons. The minimum absolute atomic E-state index is 1.24. The molecule has 0 amide bonds. The zero-order valence-corrected chi connectivity index (χ0v) is 21.4. The SMILES string of the molecule is CCCCCCCCCCCCCCCCCCCC[N+](C)(C)CCCCCC. The Bertz CT molecular complexity index is 297. The molecule has 0 aliphatic rings. The van der Waals surface area contributed by atoms with Gasteiger partial charge in [0.05, 0.1) is 27.2 Å². The van der Waals surface area contributed by atoms with Gasteiger partial charge >= 0.3 is 0 Å². The van der Waals surface area contributed by atoms with Crippen LogP contribution in [-0.4, -0.2) is 31.7 Å². The lowest BCUT2D eigenvalue weighted by Crippen LogP contribution is -2.41. The molecule has 29 heavy (non-hydrogen) atoms. The van der Waals surface area contributed by atoms with Gasteiger partial charge in [-0.2, -0.15) is 0 Å². The summed E-state index contributed by atoms with van der Waals surface area (Å²) in [6, 6.07) is 0. The molecule has 0 aliphatic heterocycles. The smallest absolute Gasteiger partial charge is 0.0782 e. The lowest BCUT2D eigenvalue weighted by atomic mass is 10.0. The highest BCUT2D eigenvalue weighted by Gasteiger charge is 2.13. The van der Waals surface area contributed by atoms with Gasteiger partial charge in [-0.3, -0.25) is 0 Å². The fraction of sp³-hybridized carbons (Fsp3) is 1.00. The molecule has 176 valence electrons. The summed E-state index contributed by atoms with van der Waals surface area (Å²) in [7, 11) is 4.86. The average Bonchev–Trinajstić information content (AvgIpc) is 2.70. The quantitative estimate of drug-likeness (QED) is 0.110. The van der Waals surface area contributed by atoms with Gasteiger partial charge in [0.1, 0.15) is 0 Å². The van der Waals surface area contributed by atoms with Crippen LogP contribution in [0.1, 0.15) is 155 Å². The second kappa shape index (κ2) is 22.6. The predicted molar refractivity (Wildman–Crippen MR) is 135 cm³/mol. The normalized spacial score (nSPS) is 12.0. The van der Waals surface area contributed by atoms with Crippen LogP contribution in [0.4, 0.5) is 0 Å². The van der Waals surface area contributed by atoms with Crippen LogP contribution in [0.15, 0.2) is 0 Å². The zero-order valence-electron chi connectivity index (χ0n) is 21.4. The van der Waals surface area contributed by atoms with E-state index in [0.29, 0.717) is 0 Å². The molecule has 0 unspecified atom stereocenters. The molecule has 1 nitrogen and oxygen atoms in total. The minimum atomic E-state index is 1.24. The fourth-order valence-corrected chi connectivity index (χ4v) is 4.52. The van der Waals surface area contributed by atoms with E-state index in [1.54, 1.807) is 0 Å². The Morgan fingerprint density at radius 1 is 0.310 bits per heavy atom. The molecule has 0 bridgehead atoms. The Hall–Kier alpha value is -0.0400. The molecule has 0 saturated carbocycles. The number of rotatable bonds is 24. The Labute approximate surface area is 187 Å². The van der Waals surface area contributed by atoms with Crippen LogP contribution in [-0.2, 0) is 0 Å². The third kappa shape index (κ3) is 24.1. The number of unbranched alkanes of at least 4 members (excludes halogenated alkanes) is 20. The first-order valence-corrected chi connectivity index (χ1v) is 13.9. The summed E-state index contributed by atoms with van der Waals surface area (Å²) in [6.07, 6.45) is 32.0. The van der Waals surface area contributed by atoms with Gasteiger partial charge in [0.15, 0.2) is 0 Å². The molecule has 0 aromatic heterocycles. The maximum atomic E-state index is 2.43. The number of hydrogen-bond donors (Lipinski definition) is 0. The third-order valence-electron chi connectivity index (χ3n) is 6.73. The van der Waals surface area contributed by atoms with Gasteiger partial charge in [-0.15, -0.1) is 0 Å². The van der Waals surface area contributed by atoms with E-state index in [1.165, 1.54) is 159 Å². The van der Waals surface area contributed by atoms with Gasteiger partial charge < -0.3 is 4.48 Å². The summed E-state index contributed by atoms with van der Waals surface area (Å²) < 4.78 is 1.24. The van der Waals surface area contributed by atoms with Crippen molar-refractivity contribution in [3.8, 4) is 0 Å². The van der Waals surface area contributed by atoms with Crippen molar-refractivity contribution >= 4 is 0 Å². The monoisotopic (exact) mass is 410 g/mol. The molecule has 0 rings (SSSR count). The first-order chi connectivity index (χ1) is 14.1. The highest BCUT2D eigenvalue weighted by atomic mass is 15.3.